The first-order chi connectivity index (χ1) is 12.1. The van der Waals surface area contributed by atoms with Crippen LogP contribution in [-0.4, -0.2) is 18.8 Å². The summed E-state index contributed by atoms with van der Waals surface area (Å²) in [6.45, 7) is 2.64. The van der Waals surface area contributed by atoms with Gasteiger partial charge in [0.2, 0.25) is 5.79 Å². The number of benzene rings is 2. The summed E-state index contributed by atoms with van der Waals surface area (Å²) in [4.78, 5) is 0. The van der Waals surface area contributed by atoms with E-state index in [9.17, 15) is 0 Å². The first-order valence-corrected chi connectivity index (χ1v) is 9.68. The molecule has 2 aromatic carbocycles. The molecule has 0 bridgehead atoms. The van der Waals surface area contributed by atoms with Gasteiger partial charge in [0.15, 0.2) is 0 Å². The van der Waals surface area contributed by atoms with Crippen molar-refractivity contribution in [3.05, 3.63) is 58.7 Å². The van der Waals surface area contributed by atoms with Crippen molar-refractivity contribution < 1.29 is 18.5 Å². The smallest absolute Gasteiger partial charge is 0.384 e. The van der Waals surface area contributed by atoms with Gasteiger partial charge in [-0.1, -0.05) is 31.2 Å². The summed E-state index contributed by atoms with van der Waals surface area (Å²) in [5.41, 5.74) is 4.27. The third-order valence-corrected chi connectivity index (χ3v) is 6.32. The standard InChI is InChI=1S/C19H20NO4P/c1-4-14-13-8-6-10-16-18(13)19(22-14)17-12(11-21-19)7-5-9-15(17)23-25(24-16)20(2)3/h5-10,14H,4,11H2,1-3H3/t14-,19+,25?/m0/s1. The zero-order valence-corrected chi connectivity index (χ0v) is 15.4. The lowest BCUT2D eigenvalue weighted by atomic mass is 9.91. The molecule has 0 N–H and O–H groups in total. The molecule has 0 aliphatic carbocycles. The predicted molar refractivity (Wildman–Crippen MR) is 94.4 cm³/mol. The van der Waals surface area contributed by atoms with Crippen molar-refractivity contribution in [1.82, 2.24) is 4.67 Å². The second-order valence-corrected chi connectivity index (χ2v) is 8.34. The Hall–Kier alpha value is -1.65. The van der Waals surface area contributed by atoms with Gasteiger partial charge in [-0.2, -0.15) is 0 Å². The Bertz CT molecular complexity index is 855. The normalized spacial score (nSPS) is 28.6. The van der Waals surface area contributed by atoms with Crippen LogP contribution in [-0.2, 0) is 21.9 Å². The van der Waals surface area contributed by atoms with E-state index in [0.717, 1.165) is 40.2 Å². The fraction of sp³-hybridized carbons (Fsp3) is 0.368. The third-order valence-electron chi connectivity index (χ3n) is 4.97. The molecule has 3 aliphatic heterocycles. The highest BCUT2D eigenvalue weighted by Crippen LogP contribution is 2.62. The molecule has 0 amide bonds. The van der Waals surface area contributed by atoms with Crippen molar-refractivity contribution in [2.24, 2.45) is 0 Å². The van der Waals surface area contributed by atoms with Crippen LogP contribution >= 0.6 is 8.53 Å². The highest BCUT2D eigenvalue weighted by molar-refractivity contribution is 7.45. The number of hydrogen-bond donors (Lipinski definition) is 0. The number of ether oxygens (including phenoxy) is 2. The molecule has 1 unspecified atom stereocenters. The van der Waals surface area contributed by atoms with E-state index in [0.29, 0.717) is 6.61 Å². The molecule has 6 heteroatoms. The molecule has 3 heterocycles. The van der Waals surface area contributed by atoms with Crippen LogP contribution in [0.25, 0.3) is 0 Å². The van der Waals surface area contributed by atoms with Gasteiger partial charge in [-0.05, 0) is 43.8 Å². The fourth-order valence-electron chi connectivity index (χ4n) is 3.91. The first-order valence-electron chi connectivity index (χ1n) is 8.55. The lowest BCUT2D eigenvalue weighted by molar-refractivity contribution is -0.220. The van der Waals surface area contributed by atoms with Crippen molar-refractivity contribution in [3.63, 3.8) is 0 Å². The van der Waals surface area contributed by atoms with Crippen LogP contribution in [0, 0.1) is 0 Å². The molecule has 1 spiro atoms. The molecule has 0 fully saturated rings. The van der Waals surface area contributed by atoms with Gasteiger partial charge in [0, 0.05) is 0 Å². The minimum Gasteiger partial charge on any atom is -0.426 e. The van der Waals surface area contributed by atoms with Gasteiger partial charge in [-0.15, -0.1) is 0 Å². The van der Waals surface area contributed by atoms with Crippen LogP contribution in [0.15, 0.2) is 36.4 Å². The summed E-state index contributed by atoms with van der Waals surface area (Å²) < 4.78 is 27.4. The minimum absolute atomic E-state index is 0.0127. The van der Waals surface area contributed by atoms with Crippen LogP contribution in [0.5, 0.6) is 11.5 Å². The molecule has 2 aromatic rings. The Morgan fingerprint density at radius 1 is 1.08 bits per heavy atom. The van der Waals surface area contributed by atoms with E-state index in [1.807, 2.05) is 43.0 Å². The molecule has 25 heavy (non-hydrogen) atoms. The summed E-state index contributed by atoms with van der Waals surface area (Å²) in [5.74, 6) is 0.648. The van der Waals surface area contributed by atoms with Crippen molar-refractivity contribution in [2.75, 3.05) is 14.1 Å². The van der Waals surface area contributed by atoms with E-state index in [-0.39, 0.29) is 6.10 Å². The van der Waals surface area contributed by atoms with Gasteiger partial charge in [-0.3, -0.25) is 0 Å². The summed E-state index contributed by atoms with van der Waals surface area (Å²) in [6.07, 6.45) is 0.865. The van der Waals surface area contributed by atoms with E-state index in [1.165, 1.54) is 0 Å². The molecule has 5 rings (SSSR count). The molecular formula is C19H20NO4P. The summed E-state index contributed by atoms with van der Waals surface area (Å²) in [5, 5.41) is 0. The topological polar surface area (TPSA) is 40.2 Å². The van der Waals surface area contributed by atoms with Crippen molar-refractivity contribution in [3.8, 4) is 11.5 Å². The van der Waals surface area contributed by atoms with Gasteiger partial charge in [0.05, 0.1) is 23.8 Å². The zero-order chi connectivity index (χ0) is 17.2. The van der Waals surface area contributed by atoms with Crippen LogP contribution in [0.3, 0.4) is 0 Å². The van der Waals surface area contributed by atoms with Gasteiger partial charge >= 0.3 is 8.53 Å². The zero-order valence-electron chi connectivity index (χ0n) is 14.5. The highest BCUT2D eigenvalue weighted by atomic mass is 31.2. The SMILES string of the molecule is CC[C@@H]1O[C@]23OCc4cccc(c42)OP(N(C)C)Oc2cccc1c23. The van der Waals surface area contributed by atoms with E-state index in [2.05, 4.69) is 19.1 Å². The van der Waals surface area contributed by atoms with Crippen LogP contribution in [0.2, 0.25) is 0 Å². The minimum atomic E-state index is -1.25. The second kappa shape index (κ2) is 5.42. The molecule has 130 valence electrons. The second-order valence-electron chi connectivity index (χ2n) is 6.70. The molecule has 0 saturated carbocycles. The summed E-state index contributed by atoms with van der Waals surface area (Å²) >= 11 is 0. The van der Waals surface area contributed by atoms with Crippen molar-refractivity contribution >= 4 is 8.53 Å². The maximum Gasteiger partial charge on any atom is 0.384 e. The average molecular weight is 357 g/mol. The molecule has 3 aliphatic rings. The largest absolute Gasteiger partial charge is 0.426 e. The Balaban J connectivity index is 1.82. The van der Waals surface area contributed by atoms with Crippen LogP contribution < -0.4 is 9.05 Å². The first kappa shape index (κ1) is 15.6. The quantitative estimate of drug-likeness (QED) is 0.742. The fourth-order valence-corrected chi connectivity index (χ4v) is 4.91. The Morgan fingerprint density at radius 3 is 2.52 bits per heavy atom. The molecular weight excluding hydrogens is 337 g/mol. The van der Waals surface area contributed by atoms with Crippen LogP contribution in [0.4, 0.5) is 0 Å². The Labute approximate surface area is 148 Å². The van der Waals surface area contributed by atoms with E-state index >= 15 is 0 Å². The molecule has 0 aromatic heterocycles. The van der Waals surface area contributed by atoms with E-state index < -0.39 is 14.3 Å². The Morgan fingerprint density at radius 2 is 1.80 bits per heavy atom. The van der Waals surface area contributed by atoms with Gasteiger partial charge < -0.3 is 18.5 Å². The van der Waals surface area contributed by atoms with Gasteiger partial charge in [-0.25, -0.2) is 4.67 Å². The van der Waals surface area contributed by atoms with Gasteiger partial charge in [0.25, 0.3) is 0 Å². The van der Waals surface area contributed by atoms with Crippen molar-refractivity contribution in [1.29, 1.82) is 0 Å². The van der Waals surface area contributed by atoms with Crippen LogP contribution in [0.1, 0.15) is 41.7 Å². The average Bonchev–Trinajstić information content (AvgIpc) is 3.13. The number of rotatable bonds is 2. The number of nitrogens with zero attached hydrogens (tertiary/aromatic N) is 1. The highest BCUT2D eigenvalue weighted by Gasteiger charge is 2.56. The lowest BCUT2D eigenvalue weighted by Gasteiger charge is -2.33. The lowest BCUT2D eigenvalue weighted by Crippen LogP contribution is -2.29. The maximum absolute atomic E-state index is 6.52. The summed E-state index contributed by atoms with van der Waals surface area (Å²) in [7, 11) is 2.68. The van der Waals surface area contributed by atoms with Gasteiger partial charge in [0.1, 0.15) is 11.5 Å². The van der Waals surface area contributed by atoms with E-state index in [4.69, 9.17) is 18.5 Å². The third kappa shape index (κ3) is 2.04. The number of hydrogen-bond acceptors (Lipinski definition) is 5. The molecule has 0 saturated heterocycles. The molecule has 0 radical (unpaired) electrons. The molecule has 5 nitrogen and oxygen atoms in total. The molecule has 3 atom stereocenters. The maximum atomic E-state index is 6.52. The van der Waals surface area contributed by atoms with Crippen molar-refractivity contribution in [2.45, 2.75) is 31.8 Å². The van der Waals surface area contributed by atoms with E-state index in [1.54, 1.807) is 0 Å². The predicted octanol–water partition coefficient (Wildman–Crippen LogP) is 4.46. The Kier molecular flexibility index (Phi) is 3.38. The summed E-state index contributed by atoms with van der Waals surface area (Å²) in [6, 6.07) is 12.2. The monoisotopic (exact) mass is 357 g/mol.